The number of nitrogens with one attached hydrogen (secondary N) is 1. The van der Waals surface area contributed by atoms with Crippen LogP contribution in [0.4, 0.5) is 14.5 Å². The highest BCUT2D eigenvalue weighted by Crippen LogP contribution is 2.18. The molecule has 0 bridgehead atoms. The van der Waals surface area contributed by atoms with E-state index in [-0.39, 0.29) is 18.8 Å². The highest BCUT2D eigenvalue weighted by molar-refractivity contribution is 9.10. The van der Waals surface area contributed by atoms with Crippen LogP contribution in [0, 0.1) is 11.6 Å². The predicted octanol–water partition coefficient (Wildman–Crippen LogP) is 3.58. The average Bonchev–Trinajstić information content (AvgIpc) is 2.44. The number of ether oxygens (including phenoxy) is 1. The second kappa shape index (κ2) is 7.38. The predicted molar refractivity (Wildman–Crippen MR) is 80.5 cm³/mol. The van der Waals surface area contributed by atoms with Crippen LogP contribution in [-0.2, 0) is 0 Å². The van der Waals surface area contributed by atoms with E-state index in [1.807, 2.05) is 12.1 Å². The normalized spacial score (nSPS) is 12.0. The maximum Gasteiger partial charge on any atom is 0.149 e. The maximum absolute atomic E-state index is 13.4. The first-order valence-corrected chi connectivity index (χ1v) is 7.09. The zero-order valence-corrected chi connectivity index (χ0v) is 12.6. The van der Waals surface area contributed by atoms with E-state index in [1.165, 1.54) is 6.07 Å². The van der Waals surface area contributed by atoms with Gasteiger partial charge >= 0.3 is 0 Å². The average molecular weight is 358 g/mol. The SMILES string of the molecule is OC(CNc1ccc(F)cc1F)COc1cccc(Br)c1. The lowest BCUT2D eigenvalue weighted by Gasteiger charge is -2.14. The number of hydrogen-bond donors (Lipinski definition) is 2. The van der Waals surface area contributed by atoms with E-state index in [2.05, 4.69) is 21.2 Å². The third-order valence-electron chi connectivity index (χ3n) is 2.70. The standard InChI is InChI=1S/C15H14BrF2NO2/c16-10-2-1-3-13(6-10)21-9-12(20)8-19-15-5-4-11(17)7-14(15)18/h1-7,12,19-20H,8-9H2. The molecule has 1 atom stereocenters. The minimum atomic E-state index is -0.826. The molecule has 1 unspecified atom stereocenters. The summed E-state index contributed by atoms with van der Waals surface area (Å²) in [5.41, 5.74) is 0.137. The zero-order valence-electron chi connectivity index (χ0n) is 11.0. The number of anilines is 1. The van der Waals surface area contributed by atoms with Crippen molar-refractivity contribution in [1.29, 1.82) is 0 Å². The summed E-state index contributed by atoms with van der Waals surface area (Å²) in [7, 11) is 0. The summed E-state index contributed by atoms with van der Waals surface area (Å²) < 4.78 is 32.4. The van der Waals surface area contributed by atoms with Gasteiger partial charge in [0.15, 0.2) is 0 Å². The van der Waals surface area contributed by atoms with Crippen molar-refractivity contribution in [2.45, 2.75) is 6.10 Å². The van der Waals surface area contributed by atoms with Gasteiger partial charge in [0.25, 0.3) is 0 Å². The van der Waals surface area contributed by atoms with Crippen LogP contribution < -0.4 is 10.1 Å². The van der Waals surface area contributed by atoms with Crippen LogP contribution >= 0.6 is 15.9 Å². The third kappa shape index (κ3) is 4.99. The van der Waals surface area contributed by atoms with Gasteiger partial charge in [0, 0.05) is 17.1 Å². The molecule has 2 aromatic carbocycles. The van der Waals surface area contributed by atoms with E-state index in [0.29, 0.717) is 5.75 Å². The van der Waals surface area contributed by atoms with Crippen LogP contribution in [0.15, 0.2) is 46.9 Å². The molecular weight excluding hydrogens is 344 g/mol. The van der Waals surface area contributed by atoms with Crippen molar-refractivity contribution in [3.05, 3.63) is 58.6 Å². The number of aliphatic hydroxyl groups is 1. The van der Waals surface area contributed by atoms with Crippen LogP contribution in [0.5, 0.6) is 5.75 Å². The number of benzene rings is 2. The molecule has 0 aliphatic carbocycles. The van der Waals surface area contributed by atoms with Gasteiger partial charge in [0.05, 0.1) is 5.69 Å². The molecule has 21 heavy (non-hydrogen) atoms. The third-order valence-corrected chi connectivity index (χ3v) is 3.19. The highest BCUT2D eigenvalue weighted by atomic mass is 79.9. The van der Waals surface area contributed by atoms with E-state index in [4.69, 9.17) is 4.74 Å². The second-order valence-electron chi connectivity index (χ2n) is 4.43. The summed E-state index contributed by atoms with van der Waals surface area (Å²) >= 11 is 3.32. The summed E-state index contributed by atoms with van der Waals surface area (Å²) in [5.74, 6) is -0.719. The quantitative estimate of drug-likeness (QED) is 0.830. The summed E-state index contributed by atoms with van der Waals surface area (Å²) in [4.78, 5) is 0. The van der Waals surface area contributed by atoms with Crippen molar-refractivity contribution >= 4 is 21.6 Å². The van der Waals surface area contributed by atoms with Gasteiger partial charge in [-0.2, -0.15) is 0 Å². The zero-order chi connectivity index (χ0) is 15.2. The fourth-order valence-electron chi connectivity index (χ4n) is 1.67. The van der Waals surface area contributed by atoms with Gasteiger partial charge in [0.1, 0.15) is 30.1 Å². The van der Waals surface area contributed by atoms with Gasteiger partial charge in [0.2, 0.25) is 0 Å². The molecule has 0 spiro atoms. The van der Waals surface area contributed by atoms with Crippen molar-refractivity contribution in [3.8, 4) is 5.75 Å². The molecule has 0 aliphatic rings. The molecule has 0 saturated carbocycles. The molecule has 112 valence electrons. The van der Waals surface area contributed by atoms with Crippen molar-refractivity contribution in [1.82, 2.24) is 0 Å². The Hall–Kier alpha value is -1.66. The van der Waals surface area contributed by atoms with Crippen LogP contribution in [0.2, 0.25) is 0 Å². The van der Waals surface area contributed by atoms with Gasteiger partial charge in [-0.3, -0.25) is 0 Å². The Bertz CT molecular complexity index is 610. The second-order valence-corrected chi connectivity index (χ2v) is 5.34. The van der Waals surface area contributed by atoms with Gasteiger partial charge in [-0.15, -0.1) is 0 Å². The summed E-state index contributed by atoms with van der Waals surface area (Å²) in [6.07, 6.45) is -0.826. The molecule has 3 nitrogen and oxygen atoms in total. The summed E-state index contributed by atoms with van der Waals surface area (Å²) in [6, 6.07) is 10.4. The van der Waals surface area contributed by atoms with Gasteiger partial charge in [-0.1, -0.05) is 22.0 Å². The van der Waals surface area contributed by atoms with Crippen molar-refractivity contribution in [3.63, 3.8) is 0 Å². The van der Waals surface area contributed by atoms with Gasteiger partial charge in [-0.25, -0.2) is 8.78 Å². The molecule has 6 heteroatoms. The number of hydrogen-bond acceptors (Lipinski definition) is 3. The van der Waals surface area contributed by atoms with Crippen molar-refractivity contribution in [2.75, 3.05) is 18.5 Å². The minimum absolute atomic E-state index is 0.0618. The van der Waals surface area contributed by atoms with E-state index >= 15 is 0 Å². The lowest BCUT2D eigenvalue weighted by molar-refractivity contribution is 0.117. The lowest BCUT2D eigenvalue weighted by atomic mass is 10.2. The number of halogens is 3. The van der Waals surface area contributed by atoms with Crippen molar-refractivity contribution in [2.24, 2.45) is 0 Å². The molecule has 0 aliphatic heterocycles. The first kappa shape index (κ1) is 15.7. The molecule has 0 aromatic heterocycles. The van der Waals surface area contributed by atoms with Crippen LogP contribution in [0.3, 0.4) is 0 Å². The van der Waals surface area contributed by atoms with E-state index < -0.39 is 17.7 Å². The molecule has 0 radical (unpaired) electrons. The Morgan fingerprint density at radius 3 is 2.71 bits per heavy atom. The lowest BCUT2D eigenvalue weighted by Crippen LogP contribution is -2.26. The molecule has 2 N–H and O–H groups in total. The Labute approximate surface area is 129 Å². The maximum atomic E-state index is 13.4. The first-order valence-electron chi connectivity index (χ1n) is 6.30. The monoisotopic (exact) mass is 357 g/mol. The molecule has 0 saturated heterocycles. The van der Waals surface area contributed by atoms with E-state index in [1.54, 1.807) is 12.1 Å². The van der Waals surface area contributed by atoms with Gasteiger partial charge in [-0.05, 0) is 30.3 Å². The topological polar surface area (TPSA) is 41.5 Å². The molecule has 0 heterocycles. The molecule has 0 amide bonds. The molecule has 2 rings (SSSR count). The number of aliphatic hydroxyl groups excluding tert-OH is 1. The fraction of sp³-hybridized carbons (Fsp3) is 0.200. The fourth-order valence-corrected chi connectivity index (χ4v) is 2.05. The number of rotatable bonds is 6. The van der Waals surface area contributed by atoms with Crippen molar-refractivity contribution < 1.29 is 18.6 Å². The van der Waals surface area contributed by atoms with E-state index in [9.17, 15) is 13.9 Å². The van der Waals surface area contributed by atoms with E-state index in [0.717, 1.165) is 16.6 Å². The molecular formula is C15H14BrF2NO2. The first-order chi connectivity index (χ1) is 10.0. The summed E-state index contributed by atoms with van der Waals surface area (Å²) in [6.45, 7) is 0.156. The minimum Gasteiger partial charge on any atom is -0.491 e. The highest BCUT2D eigenvalue weighted by Gasteiger charge is 2.08. The van der Waals surface area contributed by atoms with Crippen LogP contribution in [0.1, 0.15) is 0 Å². The van der Waals surface area contributed by atoms with Crippen LogP contribution in [-0.4, -0.2) is 24.4 Å². The molecule has 2 aromatic rings. The smallest absolute Gasteiger partial charge is 0.149 e. The summed E-state index contributed by atoms with van der Waals surface area (Å²) in [5, 5.41) is 12.5. The van der Waals surface area contributed by atoms with Crippen LogP contribution in [0.25, 0.3) is 0 Å². The largest absolute Gasteiger partial charge is 0.491 e. The Balaban J connectivity index is 1.80. The molecule has 0 fully saturated rings. The Morgan fingerprint density at radius 2 is 2.00 bits per heavy atom. The van der Waals surface area contributed by atoms with Gasteiger partial charge < -0.3 is 15.2 Å². The Morgan fingerprint density at radius 1 is 1.19 bits per heavy atom. The Kier molecular flexibility index (Phi) is 5.52.